The topological polar surface area (TPSA) is 142 Å². The maximum atomic E-state index is 11.8. The molecule has 0 aromatic rings. The predicted octanol–water partition coefficient (Wildman–Crippen LogP) is 3.33. The molecule has 0 heterocycles. The minimum Gasteiger partial charge on any atom is -0.433 e. The minimum atomic E-state index is -1.58. The zero-order valence-corrected chi connectivity index (χ0v) is 18.2. The van der Waals surface area contributed by atoms with Crippen molar-refractivity contribution in [3.05, 3.63) is 50.6 Å². The third-order valence-electron chi connectivity index (χ3n) is 3.26. The fraction of sp³-hybridized carbons (Fsp3) is 0.429. The summed E-state index contributed by atoms with van der Waals surface area (Å²) in [5.41, 5.74) is -1.58. The van der Waals surface area contributed by atoms with Gasteiger partial charge in [0.2, 0.25) is 0 Å². The Labute approximate surface area is 191 Å². The first kappa shape index (κ1) is 29.0. The highest BCUT2D eigenvalue weighted by molar-refractivity contribution is 5.62. The van der Waals surface area contributed by atoms with Crippen LogP contribution >= 0.6 is 0 Å². The first-order chi connectivity index (χ1) is 15.8. The Hall–Kier alpha value is -3.96. The first-order valence-electron chi connectivity index (χ1n) is 9.44. The molecule has 0 rings (SSSR count). The van der Waals surface area contributed by atoms with Crippen molar-refractivity contribution >= 4 is 24.6 Å². The van der Waals surface area contributed by atoms with Crippen molar-refractivity contribution in [2.75, 3.05) is 52.9 Å². The van der Waals surface area contributed by atoms with Crippen molar-refractivity contribution in [1.29, 1.82) is 0 Å². The number of carbonyl (C=O) groups is 4. The summed E-state index contributed by atoms with van der Waals surface area (Å²) in [6.07, 6.45) is 0.841. The molecule has 0 unspecified atom stereocenters. The molecule has 0 amide bonds. The first-order valence-corrected chi connectivity index (χ1v) is 9.44. The van der Waals surface area contributed by atoms with Gasteiger partial charge in [-0.3, -0.25) is 0 Å². The van der Waals surface area contributed by atoms with Gasteiger partial charge in [0.25, 0.3) is 0 Å². The van der Waals surface area contributed by atoms with Crippen LogP contribution in [0.25, 0.3) is 0 Å². The third-order valence-corrected chi connectivity index (χ3v) is 3.26. The Kier molecular flexibility index (Phi) is 15.6. The maximum Gasteiger partial charge on any atom is 0.508 e. The summed E-state index contributed by atoms with van der Waals surface area (Å²) in [4.78, 5) is 47.1. The van der Waals surface area contributed by atoms with Gasteiger partial charge in [0.05, 0.1) is 0 Å². The van der Waals surface area contributed by atoms with Crippen LogP contribution < -0.4 is 0 Å². The Morgan fingerprint density at radius 2 is 0.667 bits per heavy atom. The van der Waals surface area contributed by atoms with Crippen LogP contribution in [-0.4, -0.2) is 77.5 Å². The SMILES string of the molecule is C=CCOC(=O)OCC(COC(=O)OCC=C)(COC(=O)OCC=C)COC(=O)OCC=C. The molecule has 0 bridgehead atoms. The quantitative estimate of drug-likeness (QED) is 0.185. The molecular weight excluding hydrogens is 444 g/mol. The van der Waals surface area contributed by atoms with E-state index in [0.717, 1.165) is 0 Å². The van der Waals surface area contributed by atoms with Gasteiger partial charge in [0, 0.05) is 0 Å². The van der Waals surface area contributed by atoms with Crippen molar-refractivity contribution in [3.63, 3.8) is 0 Å². The highest BCUT2D eigenvalue weighted by atomic mass is 16.8. The van der Waals surface area contributed by atoms with Crippen LogP contribution in [0.15, 0.2) is 50.6 Å². The zero-order chi connectivity index (χ0) is 25.0. The molecule has 0 aromatic carbocycles. The highest BCUT2D eigenvalue weighted by Gasteiger charge is 2.39. The van der Waals surface area contributed by atoms with E-state index in [0.29, 0.717) is 0 Å². The Morgan fingerprint density at radius 1 is 0.455 bits per heavy atom. The van der Waals surface area contributed by atoms with E-state index >= 15 is 0 Å². The summed E-state index contributed by atoms with van der Waals surface area (Å²) in [5, 5.41) is 0. The molecule has 184 valence electrons. The van der Waals surface area contributed by atoms with E-state index in [2.05, 4.69) is 26.3 Å². The molecule has 0 aliphatic heterocycles. The number of rotatable bonds is 16. The summed E-state index contributed by atoms with van der Waals surface area (Å²) < 4.78 is 38.8. The number of hydrogen-bond donors (Lipinski definition) is 0. The Balaban J connectivity index is 5.49. The van der Waals surface area contributed by atoms with Gasteiger partial charge in [-0.05, 0) is 0 Å². The van der Waals surface area contributed by atoms with Gasteiger partial charge in [-0.2, -0.15) is 0 Å². The van der Waals surface area contributed by atoms with E-state index in [9.17, 15) is 19.2 Å². The van der Waals surface area contributed by atoms with Gasteiger partial charge in [0.15, 0.2) is 0 Å². The Morgan fingerprint density at radius 3 is 0.848 bits per heavy atom. The maximum absolute atomic E-state index is 11.8. The fourth-order valence-corrected chi connectivity index (χ4v) is 1.77. The number of carbonyl (C=O) groups excluding carboxylic acids is 4. The lowest BCUT2D eigenvalue weighted by Gasteiger charge is -2.30. The summed E-state index contributed by atoms with van der Waals surface area (Å²) in [7, 11) is 0. The molecule has 0 saturated heterocycles. The van der Waals surface area contributed by atoms with Crippen molar-refractivity contribution in [2.45, 2.75) is 0 Å². The Bertz CT molecular complexity index is 567. The van der Waals surface area contributed by atoms with Crippen molar-refractivity contribution < 1.29 is 57.1 Å². The van der Waals surface area contributed by atoms with E-state index in [1.165, 1.54) is 24.3 Å². The van der Waals surface area contributed by atoms with Gasteiger partial charge < -0.3 is 37.9 Å². The van der Waals surface area contributed by atoms with Crippen LogP contribution in [0.1, 0.15) is 0 Å². The summed E-state index contributed by atoms with van der Waals surface area (Å²) >= 11 is 0. The van der Waals surface area contributed by atoms with Crippen LogP contribution in [0.3, 0.4) is 0 Å². The van der Waals surface area contributed by atoms with E-state index in [-0.39, 0.29) is 26.4 Å². The standard InChI is InChI=1S/C21H28O12/c1-5-9-26-17(22)30-13-21(14-31-18(23)27-10-6-2,15-32-19(24)28-11-7-3)16-33-20(25)29-12-8-4/h5-8H,1-4,9-16H2. The summed E-state index contributed by atoms with van der Waals surface area (Å²) in [5.74, 6) is 0. The van der Waals surface area contributed by atoms with Gasteiger partial charge in [-0.1, -0.05) is 50.6 Å². The molecule has 0 N–H and O–H groups in total. The van der Waals surface area contributed by atoms with E-state index in [4.69, 9.17) is 37.9 Å². The average molecular weight is 472 g/mol. The molecular formula is C21H28O12. The van der Waals surface area contributed by atoms with Gasteiger partial charge >= 0.3 is 24.6 Å². The van der Waals surface area contributed by atoms with Crippen LogP contribution in [0.2, 0.25) is 0 Å². The lowest BCUT2D eigenvalue weighted by Crippen LogP contribution is -2.44. The largest absolute Gasteiger partial charge is 0.508 e. The molecule has 12 nitrogen and oxygen atoms in total. The van der Waals surface area contributed by atoms with Crippen LogP contribution in [0.4, 0.5) is 19.2 Å². The smallest absolute Gasteiger partial charge is 0.433 e. The second-order valence-electron chi connectivity index (χ2n) is 6.05. The fourth-order valence-electron chi connectivity index (χ4n) is 1.77. The van der Waals surface area contributed by atoms with Gasteiger partial charge in [0.1, 0.15) is 58.3 Å². The van der Waals surface area contributed by atoms with Gasteiger partial charge in [-0.15, -0.1) is 0 Å². The third kappa shape index (κ3) is 14.6. The molecule has 0 aromatic heterocycles. The van der Waals surface area contributed by atoms with E-state index in [1.807, 2.05) is 0 Å². The lowest BCUT2D eigenvalue weighted by atomic mass is 9.92. The average Bonchev–Trinajstić information content (AvgIpc) is 2.82. The summed E-state index contributed by atoms with van der Waals surface area (Å²) in [6.45, 7) is 10.8. The summed E-state index contributed by atoms with van der Waals surface area (Å²) in [6, 6.07) is 0. The number of ether oxygens (including phenoxy) is 8. The van der Waals surface area contributed by atoms with Crippen LogP contribution in [0, 0.1) is 5.41 Å². The molecule has 12 heteroatoms. The molecule has 0 aliphatic rings. The van der Waals surface area contributed by atoms with E-state index < -0.39 is 56.5 Å². The molecule has 0 spiro atoms. The zero-order valence-electron chi connectivity index (χ0n) is 18.2. The monoisotopic (exact) mass is 472 g/mol. The molecule has 0 fully saturated rings. The minimum absolute atomic E-state index is 0.134. The lowest BCUT2D eigenvalue weighted by molar-refractivity contribution is -0.0803. The second kappa shape index (κ2) is 17.7. The van der Waals surface area contributed by atoms with Gasteiger partial charge in [-0.25, -0.2) is 19.2 Å². The van der Waals surface area contributed by atoms with Crippen molar-refractivity contribution in [2.24, 2.45) is 5.41 Å². The van der Waals surface area contributed by atoms with Crippen LogP contribution in [0.5, 0.6) is 0 Å². The van der Waals surface area contributed by atoms with Crippen molar-refractivity contribution in [3.8, 4) is 0 Å². The van der Waals surface area contributed by atoms with E-state index in [1.54, 1.807) is 0 Å². The molecule has 0 atom stereocenters. The normalized spacial score (nSPS) is 9.94. The molecule has 0 radical (unpaired) electrons. The molecule has 0 saturated carbocycles. The van der Waals surface area contributed by atoms with Crippen molar-refractivity contribution in [1.82, 2.24) is 0 Å². The predicted molar refractivity (Wildman–Crippen MR) is 112 cm³/mol. The highest BCUT2D eigenvalue weighted by Crippen LogP contribution is 2.22. The second-order valence-corrected chi connectivity index (χ2v) is 6.05. The number of hydrogen-bond acceptors (Lipinski definition) is 12. The van der Waals surface area contributed by atoms with Crippen LogP contribution in [-0.2, 0) is 37.9 Å². The molecule has 33 heavy (non-hydrogen) atoms. The molecule has 0 aliphatic carbocycles.